The molecule has 3 N–H and O–H groups in total. The normalized spacial score (nSPS) is 13.1. The van der Waals surface area contributed by atoms with Gasteiger partial charge in [-0.1, -0.05) is 11.6 Å². The molecule has 0 saturated carbocycles. The third-order valence-electron chi connectivity index (χ3n) is 4.31. The summed E-state index contributed by atoms with van der Waals surface area (Å²) in [6.45, 7) is 1.73. The van der Waals surface area contributed by atoms with E-state index in [1.807, 2.05) is 0 Å². The molecule has 0 aliphatic carbocycles. The Morgan fingerprint density at radius 1 is 1.12 bits per heavy atom. The van der Waals surface area contributed by atoms with Crippen LogP contribution in [0.2, 0.25) is 5.02 Å². The van der Waals surface area contributed by atoms with Crippen LogP contribution in [0.25, 0.3) is 6.08 Å². The van der Waals surface area contributed by atoms with Gasteiger partial charge < -0.3 is 19.5 Å². The van der Waals surface area contributed by atoms with E-state index in [-0.39, 0.29) is 33.8 Å². The molecular formula is C22H20ClN3O6S. The highest BCUT2D eigenvalue weighted by Gasteiger charge is 2.26. The van der Waals surface area contributed by atoms with Crippen LogP contribution in [-0.4, -0.2) is 43.2 Å². The Morgan fingerprint density at radius 2 is 1.79 bits per heavy atom. The molecule has 3 amide bonds. The average molecular weight is 490 g/mol. The SMILES string of the molecule is CCOc1cc(C=C2C(=O)NC(=S)NC2=O)cc(Cl)c1OCC(=O)Nc1ccc(OC)cc1. The molecule has 9 nitrogen and oxygen atoms in total. The standard InChI is InChI=1S/C22H20ClN3O6S/c1-3-31-17-10-12(8-15-20(28)25-22(33)26-21(15)29)9-16(23)19(17)32-11-18(27)24-13-4-6-14(30-2)7-5-13/h4-10H,3,11H2,1-2H3,(H,24,27)(H2,25,26,28,29,33). The van der Waals surface area contributed by atoms with Crippen molar-refractivity contribution in [2.75, 3.05) is 25.6 Å². The zero-order valence-corrected chi connectivity index (χ0v) is 19.3. The molecule has 1 aliphatic rings. The van der Waals surface area contributed by atoms with Crippen LogP contribution in [-0.2, 0) is 14.4 Å². The molecule has 0 aromatic heterocycles. The summed E-state index contributed by atoms with van der Waals surface area (Å²) in [7, 11) is 1.55. The van der Waals surface area contributed by atoms with E-state index in [0.717, 1.165) is 0 Å². The number of halogens is 1. The summed E-state index contributed by atoms with van der Waals surface area (Å²) in [5.41, 5.74) is 0.854. The van der Waals surface area contributed by atoms with E-state index in [0.29, 0.717) is 23.6 Å². The number of carbonyl (C=O) groups is 3. The van der Waals surface area contributed by atoms with Crippen LogP contribution in [0.4, 0.5) is 5.69 Å². The first kappa shape index (κ1) is 24.0. The van der Waals surface area contributed by atoms with Crippen molar-refractivity contribution in [2.45, 2.75) is 6.92 Å². The molecule has 1 heterocycles. The number of hydrogen-bond acceptors (Lipinski definition) is 7. The van der Waals surface area contributed by atoms with Gasteiger partial charge in [0.25, 0.3) is 17.7 Å². The second kappa shape index (κ2) is 10.8. The fraction of sp³-hybridized carbons (Fsp3) is 0.182. The lowest BCUT2D eigenvalue weighted by Crippen LogP contribution is -2.51. The van der Waals surface area contributed by atoms with Gasteiger partial charge in [-0.2, -0.15) is 0 Å². The molecule has 0 radical (unpaired) electrons. The van der Waals surface area contributed by atoms with Crippen molar-refractivity contribution in [1.29, 1.82) is 0 Å². The number of benzene rings is 2. The topological polar surface area (TPSA) is 115 Å². The number of methoxy groups -OCH3 is 1. The smallest absolute Gasteiger partial charge is 0.263 e. The zero-order valence-electron chi connectivity index (χ0n) is 17.7. The summed E-state index contributed by atoms with van der Waals surface area (Å²) >= 11 is 11.1. The quantitative estimate of drug-likeness (QED) is 0.296. The molecule has 0 unspecified atom stereocenters. The Morgan fingerprint density at radius 3 is 2.39 bits per heavy atom. The molecule has 1 fully saturated rings. The lowest BCUT2D eigenvalue weighted by atomic mass is 10.1. The number of hydrogen-bond donors (Lipinski definition) is 3. The Labute approximate surface area is 200 Å². The minimum absolute atomic E-state index is 0.0631. The monoisotopic (exact) mass is 489 g/mol. The fourth-order valence-corrected chi connectivity index (χ4v) is 3.32. The van der Waals surface area contributed by atoms with Crippen LogP contribution in [0.15, 0.2) is 42.0 Å². The van der Waals surface area contributed by atoms with E-state index in [1.54, 1.807) is 44.4 Å². The molecule has 1 saturated heterocycles. The Bertz CT molecular complexity index is 1110. The van der Waals surface area contributed by atoms with Crippen molar-refractivity contribution < 1.29 is 28.6 Å². The van der Waals surface area contributed by atoms with Gasteiger partial charge in [0.1, 0.15) is 11.3 Å². The second-order valence-electron chi connectivity index (χ2n) is 6.62. The zero-order chi connectivity index (χ0) is 24.0. The van der Waals surface area contributed by atoms with Gasteiger partial charge in [-0.05, 0) is 67.2 Å². The van der Waals surface area contributed by atoms with E-state index in [2.05, 4.69) is 16.0 Å². The van der Waals surface area contributed by atoms with E-state index >= 15 is 0 Å². The number of ether oxygens (including phenoxy) is 3. The predicted octanol–water partition coefficient (Wildman–Crippen LogP) is 2.68. The van der Waals surface area contributed by atoms with Crippen molar-refractivity contribution in [3.8, 4) is 17.2 Å². The van der Waals surface area contributed by atoms with Gasteiger partial charge in [-0.15, -0.1) is 0 Å². The molecule has 11 heteroatoms. The van der Waals surface area contributed by atoms with Crippen LogP contribution in [0.3, 0.4) is 0 Å². The fourth-order valence-electron chi connectivity index (χ4n) is 2.86. The minimum Gasteiger partial charge on any atom is -0.497 e. The third kappa shape index (κ3) is 6.21. The first-order chi connectivity index (χ1) is 15.8. The molecule has 0 spiro atoms. The first-order valence-corrected chi connectivity index (χ1v) is 10.5. The summed E-state index contributed by atoms with van der Waals surface area (Å²) in [6, 6.07) is 9.86. The predicted molar refractivity (Wildman–Crippen MR) is 127 cm³/mol. The van der Waals surface area contributed by atoms with E-state index in [4.69, 9.17) is 38.0 Å². The van der Waals surface area contributed by atoms with E-state index in [9.17, 15) is 14.4 Å². The summed E-state index contributed by atoms with van der Waals surface area (Å²) in [6.07, 6.45) is 1.35. The van der Waals surface area contributed by atoms with Crippen LogP contribution in [0, 0.1) is 0 Å². The summed E-state index contributed by atoms with van der Waals surface area (Å²) in [5, 5.41) is 7.49. The molecule has 0 bridgehead atoms. The number of thiocarbonyl (C=S) groups is 1. The van der Waals surface area contributed by atoms with Crippen molar-refractivity contribution in [1.82, 2.24) is 10.6 Å². The van der Waals surface area contributed by atoms with E-state index < -0.39 is 17.7 Å². The molecule has 1 aliphatic heterocycles. The van der Waals surface area contributed by atoms with Crippen molar-refractivity contribution >= 4 is 58.4 Å². The average Bonchev–Trinajstić information content (AvgIpc) is 2.76. The van der Waals surface area contributed by atoms with Crippen LogP contribution >= 0.6 is 23.8 Å². The largest absolute Gasteiger partial charge is 0.497 e. The van der Waals surface area contributed by atoms with Crippen molar-refractivity contribution in [3.05, 3.63) is 52.6 Å². The van der Waals surface area contributed by atoms with Gasteiger partial charge in [0, 0.05) is 5.69 Å². The maximum absolute atomic E-state index is 12.3. The number of anilines is 1. The van der Waals surface area contributed by atoms with Crippen LogP contribution in [0.5, 0.6) is 17.2 Å². The highest BCUT2D eigenvalue weighted by atomic mass is 35.5. The molecule has 3 rings (SSSR count). The van der Waals surface area contributed by atoms with Gasteiger partial charge in [0.2, 0.25) is 0 Å². The highest BCUT2D eigenvalue weighted by Crippen LogP contribution is 2.37. The summed E-state index contributed by atoms with van der Waals surface area (Å²) in [4.78, 5) is 36.4. The maximum Gasteiger partial charge on any atom is 0.263 e. The number of amides is 3. The maximum atomic E-state index is 12.3. The third-order valence-corrected chi connectivity index (χ3v) is 4.79. The molecular weight excluding hydrogens is 470 g/mol. The summed E-state index contributed by atoms with van der Waals surface area (Å²) < 4.78 is 16.3. The number of rotatable bonds is 8. The second-order valence-corrected chi connectivity index (χ2v) is 7.44. The number of carbonyl (C=O) groups excluding carboxylic acids is 3. The molecule has 2 aromatic rings. The molecule has 33 heavy (non-hydrogen) atoms. The van der Waals surface area contributed by atoms with Gasteiger partial charge >= 0.3 is 0 Å². The van der Waals surface area contributed by atoms with Crippen LogP contribution < -0.4 is 30.2 Å². The van der Waals surface area contributed by atoms with Crippen molar-refractivity contribution in [2.24, 2.45) is 0 Å². The van der Waals surface area contributed by atoms with Gasteiger partial charge in [-0.3, -0.25) is 25.0 Å². The molecule has 2 aromatic carbocycles. The van der Waals surface area contributed by atoms with Gasteiger partial charge in [0.15, 0.2) is 23.2 Å². The first-order valence-electron chi connectivity index (χ1n) is 9.72. The number of nitrogens with one attached hydrogen (secondary N) is 3. The van der Waals surface area contributed by atoms with E-state index in [1.165, 1.54) is 12.1 Å². The highest BCUT2D eigenvalue weighted by molar-refractivity contribution is 7.80. The Hall–Kier alpha value is -3.63. The Kier molecular flexibility index (Phi) is 7.86. The Balaban J connectivity index is 1.76. The molecule has 0 atom stereocenters. The molecule has 172 valence electrons. The van der Waals surface area contributed by atoms with Crippen LogP contribution in [0.1, 0.15) is 12.5 Å². The summed E-state index contributed by atoms with van der Waals surface area (Å²) in [5.74, 6) is -0.595. The lowest BCUT2D eigenvalue weighted by molar-refractivity contribution is -0.123. The lowest BCUT2D eigenvalue weighted by Gasteiger charge is -2.17. The minimum atomic E-state index is -0.631. The van der Waals surface area contributed by atoms with Gasteiger partial charge in [-0.25, -0.2) is 0 Å². The van der Waals surface area contributed by atoms with Crippen molar-refractivity contribution in [3.63, 3.8) is 0 Å². The van der Waals surface area contributed by atoms with Gasteiger partial charge in [0.05, 0.1) is 18.7 Å².